The van der Waals surface area contributed by atoms with Crippen LogP contribution in [0.4, 0.5) is 0 Å². The number of pyridine rings is 2. The molecule has 1 aliphatic carbocycles. The van der Waals surface area contributed by atoms with Crippen LogP contribution in [0.3, 0.4) is 0 Å². The molecule has 0 saturated heterocycles. The second-order valence-corrected chi connectivity index (χ2v) is 26.8. The third-order valence-electron chi connectivity index (χ3n) is 9.91. The first kappa shape index (κ1) is 36.2. The van der Waals surface area contributed by atoms with Crippen LogP contribution in [-0.4, -0.2) is 23.2 Å². The molecule has 53 heavy (non-hydrogen) atoms. The Morgan fingerprint density at radius 2 is 1.58 bits per heavy atom. The summed E-state index contributed by atoms with van der Waals surface area (Å²) in [6.45, 7) is 10.2. The van der Waals surface area contributed by atoms with Crippen molar-refractivity contribution in [2.75, 3.05) is 0 Å². The first-order valence-corrected chi connectivity index (χ1v) is 25.9. The van der Waals surface area contributed by atoms with Crippen molar-refractivity contribution in [2.45, 2.75) is 83.9 Å². The number of hydrogen-bond donors (Lipinski definition) is 0. The van der Waals surface area contributed by atoms with Gasteiger partial charge in [-0.3, -0.25) is 0 Å². The minimum Gasteiger partial charge on any atom is 0 e. The van der Waals surface area contributed by atoms with Gasteiger partial charge in [0.2, 0.25) is 0 Å². The number of rotatable bonds is 5. The first-order valence-electron chi connectivity index (χ1n) is 19.5. The molecule has 1 aliphatic rings. The van der Waals surface area contributed by atoms with Crippen LogP contribution in [0.25, 0.3) is 55.6 Å². The van der Waals surface area contributed by atoms with Crippen molar-refractivity contribution in [1.29, 1.82) is 0 Å². The van der Waals surface area contributed by atoms with Gasteiger partial charge in [-0.1, -0.05) is 46.8 Å². The van der Waals surface area contributed by atoms with Crippen LogP contribution in [0.1, 0.15) is 64.2 Å². The average molecular weight is 938 g/mol. The minimum absolute atomic E-state index is 0. The van der Waals surface area contributed by atoms with Crippen molar-refractivity contribution in [3.63, 3.8) is 0 Å². The van der Waals surface area contributed by atoms with E-state index in [1.165, 1.54) is 46.2 Å². The fourth-order valence-electron chi connectivity index (χ4n) is 7.44. The van der Waals surface area contributed by atoms with Crippen molar-refractivity contribution in [1.82, 2.24) is 9.97 Å². The normalized spacial score (nSPS) is 13.7. The number of nitrogens with zero attached hydrogens (tertiary/aromatic N) is 2. The topological polar surface area (TPSA) is 38.9 Å². The van der Waals surface area contributed by atoms with E-state index in [1.807, 2.05) is 69.6 Å². The zero-order chi connectivity index (χ0) is 38.4. The van der Waals surface area contributed by atoms with Crippen LogP contribution in [0.5, 0.6) is 0 Å². The number of aryl methyl sites for hydroxylation is 3. The van der Waals surface area contributed by atoms with Crippen molar-refractivity contribution >= 4 is 39.6 Å². The molecule has 0 bridgehead atoms. The van der Waals surface area contributed by atoms with Gasteiger partial charge in [0.1, 0.15) is 5.58 Å². The molecule has 0 N–H and O–H groups in total. The van der Waals surface area contributed by atoms with Gasteiger partial charge in [0.15, 0.2) is 0 Å². The van der Waals surface area contributed by atoms with Gasteiger partial charge in [-0.05, 0) is 79.6 Å². The van der Waals surface area contributed by atoms with Gasteiger partial charge in [0, 0.05) is 31.7 Å². The predicted octanol–water partition coefficient (Wildman–Crippen LogP) is 12.3. The molecule has 1 radical (unpaired) electrons. The zero-order valence-electron chi connectivity index (χ0n) is 34.2. The summed E-state index contributed by atoms with van der Waals surface area (Å²) >= 11 is -2.24. The van der Waals surface area contributed by atoms with Crippen molar-refractivity contribution in [3.8, 4) is 33.6 Å². The second kappa shape index (κ2) is 15.9. The Morgan fingerprint density at radius 3 is 2.30 bits per heavy atom. The van der Waals surface area contributed by atoms with Gasteiger partial charge >= 0.3 is 135 Å². The van der Waals surface area contributed by atoms with Gasteiger partial charge in [-0.25, -0.2) is 0 Å². The van der Waals surface area contributed by atoms with Crippen LogP contribution in [-0.2, 0) is 39.3 Å². The molecule has 5 heteroatoms. The Bertz CT molecular complexity index is 2460. The number of hydrogen-bond acceptors (Lipinski definition) is 3. The summed E-state index contributed by atoms with van der Waals surface area (Å²) < 4.78 is 24.9. The molecule has 0 atom stereocenters. The van der Waals surface area contributed by atoms with Crippen molar-refractivity contribution < 1.29 is 27.3 Å². The second-order valence-electron chi connectivity index (χ2n) is 16.2. The van der Waals surface area contributed by atoms with Crippen LogP contribution < -0.4 is 4.40 Å². The van der Waals surface area contributed by atoms with Gasteiger partial charge in [0.25, 0.3) is 0 Å². The molecule has 273 valence electrons. The Balaban J connectivity index is 0.000000193. The molecule has 7 aromatic rings. The standard InChI is InChI=1S/C29H24NO.C19H26GeN.Ir/c1-18-6-5-7-19(2)28(18)21-10-12-24-25-16-22(11-13-26(25)31-27(24)17-21)29-23-9-4-3-8-20(23)14-15-30-29;1-19(2,3)13-16-12-18(15-10-8-7-9-11-15)21-14-17(16)20(4,5)6;/h5-7,10,12-17H,3-4,8-9H2,1-2H3;7-10,12,14H,13H2,1-6H3;/q2*-1;/i;13D2;. The van der Waals surface area contributed by atoms with Gasteiger partial charge in [-0.15, -0.1) is 23.8 Å². The van der Waals surface area contributed by atoms with Gasteiger partial charge < -0.3 is 9.40 Å². The summed E-state index contributed by atoms with van der Waals surface area (Å²) in [6.07, 6.45) is 7.22. The SMILES string of the molecule is Cc1cccc(C)c1-c1ccc2c(c1)oc1c[c-]c(-c3nccc4c3CCCC4)cc12.[2H]C([2H])(c1cc(-c2[c-]cccc2)nc[c]1[Ge]([CH3])([CH3])[CH3])C(C)(C)C.[Ir]. The molecule has 8 rings (SSSR count). The van der Waals surface area contributed by atoms with Crippen LogP contribution in [0.2, 0.25) is 17.3 Å². The maximum atomic E-state index is 8.76. The molecule has 0 amide bonds. The smallest absolute Gasteiger partial charge is 0 e. The van der Waals surface area contributed by atoms with E-state index < -0.39 is 25.1 Å². The molecular formula is C48H50GeIrN2O-2. The van der Waals surface area contributed by atoms with E-state index in [9.17, 15) is 0 Å². The number of furan rings is 1. The van der Waals surface area contributed by atoms with E-state index >= 15 is 0 Å². The molecular weight excluding hydrogens is 885 g/mol. The quantitative estimate of drug-likeness (QED) is 0.127. The molecule has 0 unspecified atom stereocenters. The van der Waals surface area contributed by atoms with E-state index in [2.05, 4.69) is 96.8 Å². The summed E-state index contributed by atoms with van der Waals surface area (Å²) in [4.78, 5) is 9.37. The van der Waals surface area contributed by atoms with E-state index in [0.29, 0.717) is 0 Å². The van der Waals surface area contributed by atoms with Gasteiger partial charge in [-0.2, -0.15) is 0 Å². The molecule has 3 nitrogen and oxygen atoms in total. The Hall–Kier alpha value is -3.83. The van der Waals surface area contributed by atoms with Crippen LogP contribution in [0, 0.1) is 31.4 Å². The monoisotopic (exact) mass is 939 g/mol. The maximum absolute atomic E-state index is 8.76. The minimum atomic E-state index is -2.24. The molecule has 0 fully saturated rings. The summed E-state index contributed by atoms with van der Waals surface area (Å²) in [5.74, 6) is 6.86. The third-order valence-corrected chi connectivity index (χ3v) is 14.1. The number of fused-ring (bicyclic) bond motifs is 4. The largest absolute Gasteiger partial charge is 0 e. The van der Waals surface area contributed by atoms with Crippen molar-refractivity contribution in [3.05, 3.63) is 137 Å². The summed E-state index contributed by atoms with van der Waals surface area (Å²) in [7, 11) is 0. The average Bonchev–Trinajstić information content (AvgIpc) is 3.51. The zero-order valence-corrected chi connectivity index (χ0v) is 36.7. The van der Waals surface area contributed by atoms with E-state index in [0.717, 1.165) is 67.3 Å². The number of aromatic nitrogens is 2. The molecule has 0 aliphatic heterocycles. The fourth-order valence-corrected chi connectivity index (χ4v) is 10.4. The molecule has 0 saturated carbocycles. The first-order chi connectivity index (χ1) is 25.6. The van der Waals surface area contributed by atoms with Crippen LogP contribution >= 0.6 is 0 Å². The summed E-state index contributed by atoms with van der Waals surface area (Å²) in [5.41, 5.74) is 13.9. The predicted molar refractivity (Wildman–Crippen MR) is 222 cm³/mol. The van der Waals surface area contributed by atoms with E-state index in [4.69, 9.17) is 12.1 Å². The van der Waals surface area contributed by atoms with Crippen LogP contribution in [0.15, 0.2) is 102 Å². The fraction of sp³-hybridized carbons (Fsp3) is 0.292. The van der Waals surface area contributed by atoms with E-state index in [-0.39, 0.29) is 20.1 Å². The third kappa shape index (κ3) is 8.62. The van der Waals surface area contributed by atoms with Gasteiger partial charge in [0.05, 0.1) is 5.58 Å². The molecule has 0 spiro atoms. The molecule has 3 heterocycles. The molecule has 4 aromatic carbocycles. The number of benzene rings is 4. The molecule has 3 aromatic heterocycles. The summed E-state index contributed by atoms with van der Waals surface area (Å²) in [6, 6.07) is 35.7. The Labute approximate surface area is 335 Å². The summed E-state index contributed by atoms with van der Waals surface area (Å²) in [5, 5.41) is 2.28. The van der Waals surface area contributed by atoms with E-state index in [1.54, 1.807) is 0 Å². The van der Waals surface area contributed by atoms with Crippen molar-refractivity contribution in [2.24, 2.45) is 5.41 Å². The Morgan fingerprint density at radius 1 is 0.811 bits per heavy atom. The Kier molecular flexibility index (Phi) is 10.8. The maximum Gasteiger partial charge on any atom is 0 e.